The van der Waals surface area contributed by atoms with Crippen LogP contribution in [0.2, 0.25) is 0 Å². The summed E-state index contributed by atoms with van der Waals surface area (Å²) in [6, 6.07) is 18.8. The summed E-state index contributed by atoms with van der Waals surface area (Å²) in [5, 5.41) is 6.63. The van der Waals surface area contributed by atoms with Gasteiger partial charge in [0.15, 0.2) is 6.61 Å². The predicted molar refractivity (Wildman–Crippen MR) is 147 cm³/mol. The monoisotopic (exact) mass is 538 g/mol. The number of benzene rings is 3. The fourth-order valence-corrected chi connectivity index (χ4v) is 4.14. The van der Waals surface area contributed by atoms with Crippen molar-refractivity contribution in [3.8, 4) is 11.5 Å². The SMILES string of the molecule is COc1ccc(NC(=O)COc2ccc(/C=N\NC(=O)CN(c3ccc(C)c(C)c3)S(C)(=O)=O)cc2)cc1. The third kappa shape index (κ3) is 8.34. The first kappa shape index (κ1) is 28.2. The van der Waals surface area contributed by atoms with Crippen molar-refractivity contribution in [3.05, 3.63) is 83.4 Å². The molecule has 0 atom stereocenters. The van der Waals surface area contributed by atoms with E-state index >= 15 is 0 Å². The number of sulfonamides is 1. The lowest BCUT2D eigenvalue weighted by atomic mass is 10.1. The molecule has 0 heterocycles. The lowest BCUT2D eigenvalue weighted by Gasteiger charge is -2.22. The zero-order valence-corrected chi connectivity index (χ0v) is 22.4. The van der Waals surface area contributed by atoms with Crippen molar-refractivity contribution in [2.24, 2.45) is 5.10 Å². The summed E-state index contributed by atoms with van der Waals surface area (Å²) >= 11 is 0. The molecule has 0 radical (unpaired) electrons. The smallest absolute Gasteiger partial charge is 0.262 e. The molecule has 0 aliphatic heterocycles. The van der Waals surface area contributed by atoms with Crippen LogP contribution in [0.25, 0.3) is 0 Å². The standard InChI is InChI=1S/C27H30N4O6S/c1-19-5-10-23(15-20(19)2)31(38(4,34)35)17-26(32)30-28-16-21-6-11-25(12-7-21)37-18-27(33)29-22-8-13-24(36-3)14-9-22/h5-16H,17-18H2,1-4H3,(H,29,33)(H,30,32)/b28-16-. The van der Waals surface area contributed by atoms with Gasteiger partial charge < -0.3 is 14.8 Å². The van der Waals surface area contributed by atoms with Crippen LogP contribution in [0.5, 0.6) is 11.5 Å². The lowest BCUT2D eigenvalue weighted by molar-refractivity contribution is -0.119. The molecule has 0 saturated carbocycles. The van der Waals surface area contributed by atoms with Crippen LogP contribution in [0.4, 0.5) is 11.4 Å². The minimum absolute atomic E-state index is 0.174. The van der Waals surface area contributed by atoms with Gasteiger partial charge in [-0.15, -0.1) is 0 Å². The molecule has 200 valence electrons. The number of hydrazone groups is 1. The highest BCUT2D eigenvalue weighted by atomic mass is 32.2. The molecule has 0 saturated heterocycles. The van der Waals surface area contributed by atoms with Crippen molar-refractivity contribution >= 4 is 39.4 Å². The van der Waals surface area contributed by atoms with Crippen LogP contribution >= 0.6 is 0 Å². The maximum atomic E-state index is 12.4. The maximum absolute atomic E-state index is 12.4. The van der Waals surface area contributed by atoms with Crippen LogP contribution in [0.15, 0.2) is 71.8 Å². The van der Waals surface area contributed by atoms with Crippen LogP contribution in [-0.4, -0.2) is 53.0 Å². The Balaban J connectivity index is 1.49. The Hall–Kier alpha value is -4.38. The van der Waals surface area contributed by atoms with Crippen LogP contribution in [0.3, 0.4) is 0 Å². The zero-order valence-electron chi connectivity index (χ0n) is 21.6. The Labute approximate surface area is 222 Å². The summed E-state index contributed by atoms with van der Waals surface area (Å²) < 4.78 is 36.2. The molecule has 3 rings (SSSR count). The summed E-state index contributed by atoms with van der Waals surface area (Å²) in [6.07, 6.45) is 2.46. The number of hydrogen-bond donors (Lipinski definition) is 2. The number of methoxy groups -OCH3 is 1. The number of aryl methyl sites for hydroxylation is 2. The van der Waals surface area contributed by atoms with Crippen molar-refractivity contribution in [3.63, 3.8) is 0 Å². The Kier molecular flexibility index (Phi) is 9.44. The molecule has 38 heavy (non-hydrogen) atoms. The molecule has 10 nitrogen and oxygen atoms in total. The third-order valence-electron chi connectivity index (χ3n) is 5.49. The predicted octanol–water partition coefficient (Wildman–Crippen LogP) is 3.25. The molecular weight excluding hydrogens is 508 g/mol. The largest absolute Gasteiger partial charge is 0.497 e. The summed E-state index contributed by atoms with van der Waals surface area (Å²) in [6.45, 7) is 3.21. The second kappa shape index (κ2) is 12.7. The van der Waals surface area contributed by atoms with E-state index < -0.39 is 22.5 Å². The van der Waals surface area contributed by atoms with E-state index in [4.69, 9.17) is 9.47 Å². The number of carbonyl (C=O) groups excluding carboxylic acids is 2. The number of amides is 2. The molecule has 11 heteroatoms. The average Bonchev–Trinajstić information content (AvgIpc) is 2.88. The molecule has 0 spiro atoms. The molecule has 0 fully saturated rings. The number of nitrogens with zero attached hydrogens (tertiary/aromatic N) is 2. The Bertz CT molecular complexity index is 1400. The van der Waals surface area contributed by atoms with E-state index in [1.54, 1.807) is 73.8 Å². The zero-order chi connectivity index (χ0) is 27.7. The highest BCUT2D eigenvalue weighted by Gasteiger charge is 2.21. The van der Waals surface area contributed by atoms with Crippen molar-refractivity contribution in [1.82, 2.24) is 5.43 Å². The topological polar surface area (TPSA) is 126 Å². The Morgan fingerprint density at radius 2 is 1.58 bits per heavy atom. The van der Waals surface area contributed by atoms with E-state index in [1.807, 2.05) is 13.8 Å². The lowest BCUT2D eigenvalue weighted by Crippen LogP contribution is -2.39. The van der Waals surface area contributed by atoms with Gasteiger partial charge in [0.1, 0.15) is 18.0 Å². The van der Waals surface area contributed by atoms with E-state index in [0.717, 1.165) is 21.7 Å². The molecular formula is C27H30N4O6S. The number of rotatable bonds is 11. The summed E-state index contributed by atoms with van der Waals surface area (Å²) in [5.74, 6) is 0.268. The van der Waals surface area contributed by atoms with Gasteiger partial charge in [0.2, 0.25) is 10.0 Å². The molecule has 3 aromatic rings. The molecule has 0 bridgehead atoms. The highest BCUT2D eigenvalue weighted by molar-refractivity contribution is 7.92. The number of nitrogens with one attached hydrogen (secondary N) is 2. The van der Waals surface area contributed by atoms with Crippen LogP contribution < -0.4 is 24.5 Å². The number of hydrogen-bond acceptors (Lipinski definition) is 7. The third-order valence-corrected chi connectivity index (χ3v) is 6.63. The number of ether oxygens (including phenoxy) is 2. The molecule has 2 N–H and O–H groups in total. The van der Waals surface area contributed by atoms with Gasteiger partial charge in [-0.1, -0.05) is 6.07 Å². The number of anilines is 2. The van der Waals surface area contributed by atoms with Crippen molar-refractivity contribution < 1.29 is 27.5 Å². The molecule has 0 unspecified atom stereocenters. The first-order valence-electron chi connectivity index (χ1n) is 11.6. The minimum Gasteiger partial charge on any atom is -0.497 e. The summed E-state index contributed by atoms with van der Waals surface area (Å²) in [7, 11) is -2.12. The Morgan fingerprint density at radius 1 is 0.921 bits per heavy atom. The van der Waals surface area contributed by atoms with Gasteiger partial charge in [-0.3, -0.25) is 13.9 Å². The van der Waals surface area contributed by atoms with Crippen LogP contribution in [-0.2, 0) is 19.6 Å². The molecule has 2 amide bonds. The van der Waals surface area contributed by atoms with E-state index in [0.29, 0.717) is 28.4 Å². The van der Waals surface area contributed by atoms with Gasteiger partial charge in [0.05, 0.1) is 25.3 Å². The van der Waals surface area contributed by atoms with Gasteiger partial charge in [-0.2, -0.15) is 5.10 Å². The van der Waals surface area contributed by atoms with Gasteiger partial charge >= 0.3 is 0 Å². The normalized spacial score (nSPS) is 11.2. The maximum Gasteiger partial charge on any atom is 0.262 e. The quantitative estimate of drug-likeness (QED) is 0.285. The fraction of sp³-hybridized carbons (Fsp3) is 0.222. The van der Waals surface area contributed by atoms with E-state index in [9.17, 15) is 18.0 Å². The van der Waals surface area contributed by atoms with Crippen molar-refractivity contribution in [2.75, 3.05) is 36.1 Å². The fourth-order valence-electron chi connectivity index (χ4n) is 3.30. The second-order valence-electron chi connectivity index (χ2n) is 8.47. The average molecular weight is 539 g/mol. The van der Waals surface area contributed by atoms with Crippen LogP contribution in [0.1, 0.15) is 16.7 Å². The van der Waals surface area contributed by atoms with E-state index in [1.165, 1.54) is 6.21 Å². The van der Waals surface area contributed by atoms with Crippen molar-refractivity contribution in [1.29, 1.82) is 0 Å². The highest BCUT2D eigenvalue weighted by Crippen LogP contribution is 2.21. The Morgan fingerprint density at radius 3 is 2.18 bits per heavy atom. The molecule has 3 aromatic carbocycles. The summed E-state index contributed by atoms with van der Waals surface area (Å²) in [5.41, 5.74) is 5.98. The van der Waals surface area contributed by atoms with Crippen molar-refractivity contribution in [2.45, 2.75) is 13.8 Å². The minimum atomic E-state index is -3.68. The first-order chi connectivity index (χ1) is 18.0. The van der Waals surface area contributed by atoms with Gasteiger partial charge in [-0.05, 0) is 91.2 Å². The molecule has 0 aliphatic rings. The molecule has 0 aliphatic carbocycles. The van der Waals surface area contributed by atoms with Gasteiger partial charge in [0.25, 0.3) is 11.8 Å². The van der Waals surface area contributed by atoms with E-state index in [2.05, 4.69) is 15.8 Å². The number of carbonyl (C=O) groups is 2. The van der Waals surface area contributed by atoms with Gasteiger partial charge in [-0.25, -0.2) is 13.8 Å². The van der Waals surface area contributed by atoms with Crippen LogP contribution in [0, 0.1) is 13.8 Å². The summed E-state index contributed by atoms with van der Waals surface area (Å²) in [4.78, 5) is 24.5. The molecule has 0 aromatic heterocycles. The second-order valence-corrected chi connectivity index (χ2v) is 10.4. The first-order valence-corrected chi connectivity index (χ1v) is 13.4. The van der Waals surface area contributed by atoms with Gasteiger partial charge in [0, 0.05) is 5.69 Å². The van der Waals surface area contributed by atoms with E-state index in [-0.39, 0.29) is 12.5 Å².